The molecule has 19 heteroatoms. The molecule has 0 aliphatic carbocycles. The van der Waals surface area contributed by atoms with Crippen LogP contribution in [0.4, 0.5) is 22.7 Å². The lowest BCUT2D eigenvalue weighted by molar-refractivity contribution is -0.383. The lowest BCUT2D eigenvalue weighted by Gasteiger charge is -2.17. The standard InChI is InChI=1S/C57H58N8O11/c1-30(2)26-73-46-22-41(58-51-35(46)15-11-19-39(51)63-56(68)43-24-48(75-28-32(5)6)37-17-13-21-45(65(70)71)53(37)60-43)54(66)62-38-18-10-14-34-47(74-27-31(3)4)23-42(59-50(34)38)55(67)64-40-20-12-16-36-49(76-29-33(7)8)25-44(57(69)72-9)61-52(36)40/h10-25,30-33H,26-29H2,1-9H3,(H,62,66)(H,63,68)(H,64,67). The first-order chi connectivity index (χ1) is 36.4. The number of methoxy groups -OCH3 is 1. The van der Waals surface area contributed by atoms with E-state index in [1.807, 2.05) is 55.4 Å². The van der Waals surface area contributed by atoms with Crippen LogP contribution < -0.4 is 34.9 Å². The molecule has 3 amide bonds. The number of nitro groups is 1. The van der Waals surface area contributed by atoms with Crippen LogP contribution in [0.1, 0.15) is 97.3 Å². The third-order valence-corrected chi connectivity index (χ3v) is 11.5. The Hall–Kier alpha value is -9.00. The Kier molecular flexibility index (Phi) is 16.2. The van der Waals surface area contributed by atoms with Crippen LogP contribution in [0, 0.1) is 33.8 Å². The van der Waals surface area contributed by atoms with Crippen LogP contribution in [0.3, 0.4) is 0 Å². The van der Waals surface area contributed by atoms with Gasteiger partial charge in [-0.3, -0.25) is 24.5 Å². The van der Waals surface area contributed by atoms with Gasteiger partial charge in [0.05, 0.1) is 72.1 Å². The number of anilines is 3. The molecule has 0 saturated heterocycles. The van der Waals surface area contributed by atoms with E-state index in [2.05, 4.69) is 25.9 Å². The van der Waals surface area contributed by atoms with E-state index >= 15 is 0 Å². The van der Waals surface area contributed by atoms with E-state index in [9.17, 15) is 29.3 Å². The molecule has 0 saturated carbocycles. The SMILES string of the molecule is COC(=O)c1cc(OCC(C)C)c2cccc(NC(=O)c3cc(OCC(C)C)c4cccc(NC(=O)c5cc(OCC(C)C)c6cccc(NC(=O)c7cc(OCC(C)C)c8cccc([N+](=O)[O-])c8n7)c6n5)c4n3)c2n1. The second-order valence-corrected chi connectivity index (χ2v) is 19.7. The second kappa shape index (κ2) is 23.0. The monoisotopic (exact) mass is 1030 g/mol. The molecular formula is C57H58N8O11. The fourth-order valence-corrected chi connectivity index (χ4v) is 7.93. The lowest BCUT2D eigenvalue weighted by Crippen LogP contribution is -2.18. The molecule has 76 heavy (non-hydrogen) atoms. The summed E-state index contributed by atoms with van der Waals surface area (Å²) >= 11 is 0. The first kappa shape index (κ1) is 53.3. The first-order valence-electron chi connectivity index (χ1n) is 24.8. The maximum Gasteiger partial charge on any atom is 0.356 e. The van der Waals surface area contributed by atoms with Gasteiger partial charge >= 0.3 is 5.97 Å². The van der Waals surface area contributed by atoms with Crippen LogP contribution in [0.5, 0.6) is 23.0 Å². The Balaban J connectivity index is 1.17. The van der Waals surface area contributed by atoms with Crippen molar-refractivity contribution in [3.63, 3.8) is 0 Å². The number of benzene rings is 4. The van der Waals surface area contributed by atoms with Crippen molar-refractivity contribution < 1.29 is 47.8 Å². The molecule has 392 valence electrons. The number of aromatic nitrogens is 4. The minimum Gasteiger partial charge on any atom is -0.493 e. The van der Waals surface area contributed by atoms with Gasteiger partial charge in [-0.25, -0.2) is 24.7 Å². The molecule has 8 aromatic rings. The van der Waals surface area contributed by atoms with E-state index in [4.69, 9.17) is 33.7 Å². The highest BCUT2D eigenvalue weighted by Gasteiger charge is 2.25. The lowest BCUT2D eigenvalue weighted by atomic mass is 10.1. The zero-order valence-corrected chi connectivity index (χ0v) is 43.6. The van der Waals surface area contributed by atoms with Gasteiger partial charge in [-0.1, -0.05) is 79.7 Å². The molecule has 4 aromatic heterocycles. The number of fused-ring (bicyclic) bond motifs is 4. The summed E-state index contributed by atoms with van der Waals surface area (Å²) in [6.07, 6.45) is 0. The molecule has 4 aromatic carbocycles. The number of carbonyl (C=O) groups excluding carboxylic acids is 4. The number of nitrogens with one attached hydrogen (secondary N) is 3. The minimum absolute atomic E-state index is 0.0144. The van der Waals surface area contributed by atoms with E-state index < -0.39 is 28.6 Å². The molecule has 0 aliphatic rings. The largest absolute Gasteiger partial charge is 0.493 e. The zero-order chi connectivity index (χ0) is 54.4. The van der Waals surface area contributed by atoms with Crippen molar-refractivity contribution in [2.45, 2.75) is 55.4 Å². The average molecular weight is 1030 g/mol. The summed E-state index contributed by atoms with van der Waals surface area (Å²) < 4.78 is 29.7. The molecule has 8 rings (SSSR count). The van der Waals surface area contributed by atoms with Crippen molar-refractivity contribution in [1.29, 1.82) is 0 Å². The van der Waals surface area contributed by atoms with Crippen molar-refractivity contribution in [3.05, 3.63) is 130 Å². The summed E-state index contributed by atoms with van der Waals surface area (Å²) in [5.41, 5.74) is 0.733. The van der Waals surface area contributed by atoms with Crippen molar-refractivity contribution >= 4 is 90.1 Å². The predicted octanol–water partition coefficient (Wildman–Crippen LogP) is 11.5. The number of hydrogen-bond donors (Lipinski definition) is 3. The van der Waals surface area contributed by atoms with Crippen LogP contribution in [0.2, 0.25) is 0 Å². The Bertz CT molecular complexity index is 3560. The molecular weight excluding hydrogens is 973 g/mol. The number of carbonyl (C=O) groups is 4. The van der Waals surface area contributed by atoms with Gasteiger partial charge in [0.2, 0.25) is 0 Å². The molecule has 0 aliphatic heterocycles. The molecule has 19 nitrogen and oxygen atoms in total. The van der Waals surface area contributed by atoms with Gasteiger partial charge in [-0.2, -0.15) is 0 Å². The number of hydrogen-bond acceptors (Lipinski definition) is 15. The molecule has 0 radical (unpaired) electrons. The van der Waals surface area contributed by atoms with Crippen LogP contribution >= 0.6 is 0 Å². The number of non-ortho nitro benzene ring substituents is 1. The van der Waals surface area contributed by atoms with Gasteiger partial charge in [-0.15, -0.1) is 0 Å². The van der Waals surface area contributed by atoms with Gasteiger partial charge in [0, 0.05) is 51.9 Å². The normalized spacial score (nSPS) is 11.4. The summed E-state index contributed by atoms with van der Waals surface area (Å²) in [6.45, 7) is 17.0. The Morgan fingerprint density at radius 2 is 0.750 bits per heavy atom. The van der Waals surface area contributed by atoms with Crippen molar-refractivity contribution in [2.24, 2.45) is 23.7 Å². The van der Waals surface area contributed by atoms with Gasteiger partial charge in [0.15, 0.2) is 11.2 Å². The molecule has 4 heterocycles. The summed E-state index contributed by atoms with van der Waals surface area (Å²) in [5.74, 6) is -0.974. The van der Waals surface area contributed by atoms with Crippen LogP contribution in [-0.4, -0.2) is 82.1 Å². The van der Waals surface area contributed by atoms with Crippen molar-refractivity contribution in [1.82, 2.24) is 19.9 Å². The molecule has 3 N–H and O–H groups in total. The summed E-state index contributed by atoms with van der Waals surface area (Å²) in [4.78, 5) is 86.1. The van der Waals surface area contributed by atoms with Crippen LogP contribution in [0.15, 0.2) is 97.1 Å². The summed E-state index contributed by atoms with van der Waals surface area (Å²) in [7, 11) is 1.25. The number of pyridine rings is 4. The fourth-order valence-electron chi connectivity index (χ4n) is 7.93. The highest BCUT2D eigenvalue weighted by molar-refractivity contribution is 6.14. The number of rotatable bonds is 20. The smallest absolute Gasteiger partial charge is 0.356 e. The number of ether oxygens (including phenoxy) is 5. The minimum atomic E-state index is -0.719. The molecule has 0 unspecified atom stereocenters. The predicted molar refractivity (Wildman–Crippen MR) is 290 cm³/mol. The van der Waals surface area contributed by atoms with Crippen molar-refractivity contribution in [2.75, 3.05) is 49.5 Å². The molecule has 0 fully saturated rings. The first-order valence-corrected chi connectivity index (χ1v) is 24.8. The number of nitro benzene ring substituents is 1. The van der Waals surface area contributed by atoms with E-state index in [1.165, 1.54) is 43.5 Å². The third kappa shape index (κ3) is 12.0. The number of amides is 3. The van der Waals surface area contributed by atoms with Gasteiger partial charge in [0.1, 0.15) is 40.1 Å². The maximum atomic E-state index is 14.6. The Morgan fingerprint density at radius 3 is 1.07 bits per heavy atom. The van der Waals surface area contributed by atoms with Crippen molar-refractivity contribution in [3.8, 4) is 23.0 Å². The van der Waals surface area contributed by atoms with E-state index in [1.54, 1.807) is 60.7 Å². The van der Waals surface area contributed by atoms with Gasteiger partial charge < -0.3 is 39.6 Å². The van der Waals surface area contributed by atoms with E-state index in [-0.39, 0.29) is 110 Å². The van der Waals surface area contributed by atoms with Gasteiger partial charge in [0.25, 0.3) is 23.4 Å². The molecule has 0 atom stereocenters. The zero-order valence-electron chi connectivity index (χ0n) is 43.6. The van der Waals surface area contributed by atoms with E-state index in [0.29, 0.717) is 52.0 Å². The second-order valence-electron chi connectivity index (χ2n) is 19.7. The summed E-state index contributed by atoms with van der Waals surface area (Å²) in [6, 6.07) is 25.8. The molecule has 0 spiro atoms. The Morgan fingerprint density at radius 1 is 0.461 bits per heavy atom. The number of esters is 1. The highest BCUT2D eigenvalue weighted by atomic mass is 16.6. The Labute approximate surface area is 437 Å². The number of nitrogens with zero attached hydrogens (tertiary/aromatic N) is 5. The van der Waals surface area contributed by atoms with Crippen LogP contribution in [0.25, 0.3) is 43.6 Å². The van der Waals surface area contributed by atoms with Crippen LogP contribution in [-0.2, 0) is 4.74 Å². The number of para-hydroxylation sites is 4. The quantitative estimate of drug-likeness (QED) is 0.0365. The third-order valence-electron chi connectivity index (χ3n) is 11.5. The average Bonchev–Trinajstić information content (AvgIpc) is 3.43. The topological polar surface area (TPSA) is 245 Å². The summed E-state index contributed by atoms with van der Waals surface area (Å²) in [5, 5.41) is 22.7. The fraction of sp³-hybridized carbons (Fsp3) is 0.298. The maximum absolute atomic E-state index is 14.6. The van der Waals surface area contributed by atoms with Gasteiger partial charge in [-0.05, 0) is 66.1 Å². The molecule has 0 bridgehead atoms. The van der Waals surface area contributed by atoms with E-state index in [0.717, 1.165) is 0 Å². The highest BCUT2D eigenvalue weighted by Crippen LogP contribution is 2.37.